The predicted octanol–water partition coefficient (Wildman–Crippen LogP) is 4.09. The number of fused-ring (bicyclic) bond motifs is 1. The second kappa shape index (κ2) is 9.65. The van der Waals surface area contributed by atoms with Crippen molar-refractivity contribution in [3.8, 4) is 5.69 Å². The average molecular weight is 442 g/mol. The van der Waals surface area contributed by atoms with Gasteiger partial charge in [-0.15, -0.1) is 0 Å². The molecule has 0 unspecified atom stereocenters. The number of carbonyl (C=O) groups is 1. The first-order valence-electron chi connectivity index (χ1n) is 11.0. The summed E-state index contributed by atoms with van der Waals surface area (Å²) < 4.78 is 1.55. The molecule has 0 aliphatic rings. The third-order valence-corrected chi connectivity index (χ3v) is 5.29. The lowest BCUT2D eigenvalue weighted by molar-refractivity contribution is 0.0949. The summed E-state index contributed by atoms with van der Waals surface area (Å²) in [4.78, 5) is 34.4. The van der Waals surface area contributed by atoms with E-state index < -0.39 is 0 Å². The van der Waals surface area contributed by atoms with Crippen molar-refractivity contribution >= 4 is 22.9 Å². The summed E-state index contributed by atoms with van der Waals surface area (Å²) >= 11 is 0. The van der Waals surface area contributed by atoms with Crippen LogP contribution in [0.5, 0.6) is 0 Å². The first kappa shape index (κ1) is 22.2. The van der Waals surface area contributed by atoms with Crippen LogP contribution in [0.15, 0.2) is 71.5 Å². The van der Waals surface area contributed by atoms with Crippen LogP contribution in [0.2, 0.25) is 0 Å². The van der Waals surface area contributed by atoms with Gasteiger partial charge >= 0.3 is 0 Å². The molecule has 0 saturated heterocycles. The molecule has 0 radical (unpaired) electrons. The zero-order valence-electron chi connectivity index (χ0n) is 19.0. The van der Waals surface area contributed by atoms with Crippen molar-refractivity contribution in [2.45, 2.75) is 27.3 Å². The largest absolute Gasteiger partial charge is 0.352 e. The Morgan fingerprint density at radius 3 is 2.39 bits per heavy atom. The number of nitrogens with one attached hydrogen (secondary N) is 2. The Hall–Kier alpha value is -4.00. The number of rotatable bonds is 7. The first-order valence-corrected chi connectivity index (χ1v) is 11.0. The van der Waals surface area contributed by atoms with Gasteiger partial charge in [-0.3, -0.25) is 14.2 Å². The van der Waals surface area contributed by atoms with Gasteiger partial charge in [0.1, 0.15) is 0 Å². The molecular formula is C26H27N5O2. The fraction of sp³-hybridized carbons (Fsp3) is 0.231. The number of benzene rings is 2. The summed E-state index contributed by atoms with van der Waals surface area (Å²) in [6, 6.07) is 20.2. The van der Waals surface area contributed by atoms with Gasteiger partial charge < -0.3 is 10.6 Å². The van der Waals surface area contributed by atoms with Gasteiger partial charge in [-0.25, -0.2) is 4.98 Å². The summed E-state index contributed by atoms with van der Waals surface area (Å²) in [7, 11) is 0. The fourth-order valence-electron chi connectivity index (χ4n) is 3.53. The maximum atomic E-state index is 12.8. The highest BCUT2D eigenvalue weighted by molar-refractivity contribution is 5.94. The van der Waals surface area contributed by atoms with Crippen LogP contribution in [0, 0.1) is 12.8 Å². The van der Waals surface area contributed by atoms with Crippen LogP contribution in [0.1, 0.15) is 35.5 Å². The minimum Gasteiger partial charge on any atom is -0.352 e. The molecule has 0 aliphatic heterocycles. The smallest absolute Gasteiger partial charge is 0.256 e. The number of aryl methyl sites for hydroxylation is 1. The van der Waals surface area contributed by atoms with Crippen molar-refractivity contribution in [3.63, 3.8) is 0 Å². The van der Waals surface area contributed by atoms with Crippen molar-refractivity contribution in [2.24, 2.45) is 5.92 Å². The highest BCUT2D eigenvalue weighted by Crippen LogP contribution is 2.19. The molecule has 4 rings (SSSR count). The van der Waals surface area contributed by atoms with Gasteiger partial charge in [0.05, 0.1) is 11.4 Å². The van der Waals surface area contributed by atoms with Crippen LogP contribution in [0.25, 0.3) is 16.7 Å². The van der Waals surface area contributed by atoms with Crippen LogP contribution >= 0.6 is 0 Å². The lowest BCUT2D eigenvalue weighted by Crippen LogP contribution is -2.27. The predicted molar refractivity (Wildman–Crippen MR) is 131 cm³/mol. The number of hydrogen-bond donors (Lipinski definition) is 2. The monoisotopic (exact) mass is 441 g/mol. The maximum Gasteiger partial charge on any atom is 0.256 e. The van der Waals surface area contributed by atoms with E-state index in [0.29, 0.717) is 41.9 Å². The molecule has 1 amide bonds. The molecule has 0 fully saturated rings. The minimum absolute atomic E-state index is 0.133. The van der Waals surface area contributed by atoms with E-state index in [2.05, 4.69) is 20.6 Å². The summed E-state index contributed by atoms with van der Waals surface area (Å²) in [5.74, 6) is 0.689. The lowest BCUT2D eigenvalue weighted by atomic mass is 10.1. The van der Waals surface area contributed by atoms with Crippen molar-refractivity contribution in [1.29, 1.82) is 0 Å². The maximum absolute atomic E-state index is 12.8. The average Bonchev–Trinajstić information content (AvgIpc) is 2.82. The summed E-state index contributed by atoms with van der Waals surface area (Å²) in [5, 5.41) is 6.94. The molecule has 0 spiro atoms. The fourth-order valence-corrected chi connectivity index (χ4v) is 3.53. The van der Waals surface area contributed by atoms with E-state index in [1.54, 1.807) is 34.9 Å². The molecule has 7 heteroatoms. The van der Waals surface area contributed by atoms with Crippen molar-refractivity contribution < 1.29 is 4.79 Å². The van der Waals surface area contributed by atoms with E-state index in [4.69, 9.17) is 0 Å². The standard InChI is InChI=1S/C26H27N5O2/c1-17(2)15-27-25(33)20-9-11-21(12-10-20)31-23(32)14-13-22-18(3)29-26(30-24(22)31)28-16-19-7-5-4-6-8-19/h4-14,17H,15-16H2,1-3H3,(H,27,33)(H,28,29,30). The van der Waals surface area contributed by atoms with E-state index >= 15 is 0 Å². The van der Waals surface area contributed by atoms with Crippen LogP contribution in [0.4, 0.5) is 5.95 Å². The van der Waals surface area contributed by atoms with Gasteiger partial charge in [-0.2, -0.15) is 4.98 Å². The number of anilines is 1. The molecular weight excluding hydrogens is 414 g/mol. The van der Waals surface area contributed by atoms with E-state index in [0.717, 1.165) is 16.6 Å². The van der Waals surface area contributed by atoms with Crippen LogP contribution in [-0.2, 0) is 6.54 Å². The zero-order chi connectivity index (χ0) is 23.4. The first-order chi connectivity index (χ1) is 15.9. The summed E-state index contributed by atoms with van der Waals surface area (Å²) in [6.07, 6.45) is 0. The lowest BCUT2D eigenvalue weighted by Gasteiger charge is -2.13. The quantitative estimate of drug-likeness (QED) is 0.451. The number of nitrogens with zero attached hydrogens (tertiary/aromatic N) is 3. The van der Waals surface area contributed by atoms with E-state index in [-0.39, 0.29) is 11.5 Å². The van der Waals surface area contributed by atoms with Crippen LogP contribution in [0.3, 0.4) is 0 Å². The zero-order valence-corrected chi connectivity index (χ0v) is 19.0. The van der Waals surface area contributed by atoms with Crippen LogP contribution in [-0.4, -0.2) is 27.0 Å². The Bertz CT molecular complexity index is 1330. The summed E-state index contributed by atoms with van der Waals surface area (Å²) in [5.41, 5.74) is 3.38. The van der Waals surface area contributed by atoms with Gasteiger partial charge in [-0.05, 0) is 48.7 Å². The van der Waals surface area contributed by atoms with Gasteiger partial charge in [0.2, 0.25) is 5.95 Å². The molecule has 0 bridgehead atoms. The Morgan fingerprint density at radius 2 is 1.70 bits per heavy atom. The topological polar surface area (TPSA) is 88.9 Å². The SMILES string of the molecule is Cc1nc(NCc2ccccc2)nc2c1ccc(=O)n2-c1ccc(C(=O)NCC(C)C)cc1. The molecule has 2 heterocycles. The molecule has 2 aromatic heterocycles. The second-order valence-electron chi connectivity index (χ2n) is 8.37. The number of amides is 1. The molecule has 33 heavy (non-hydrogen) atoms. The summed E-state index contributed by atoms with van der Waals surface area (Å²) in [6.45, 7) is 7.17. The van der Waals surface area contributed by atoms with E-state index in [9.17, 15) is 9.59 Å². The molecule has 2 aromatic carbocycles. The van der Waals surface area contributed by atoms with Gasteiger partial charge in [0, 0.05) is 30.1 Å². The number of aromatic nitrogens is 3. The molecule has 2 N–H and O–H groups in total. The van der Waals surface area contributed by atoms with E-state index in [1.807, 2.05) is 51.1 Å². The molecule has 168 valence electrons. The molecule has 7 nitrogen and oxygen atoms in total. The van der Waals surface area contributed by atoms with Crippen molar-refractivity contribution in [1.82, 2.24) is 19.9 Å². The third-order valence-electron chi connectivity index (χ3n) is 5.29. The Labute approximate surface area is 192 Å². The van der Waals surface area contributed by atoms with Gasteiger partial charge in [0.15, 0.2) is 5.65 Å². The highest BCUT2D eigenvalue weighted by atomic mass is 16.1. The van der Waals surface area contributed by atoms with Crippen molar-refractivity contribution in [3.05, 3.63) is 93.9 Å². The van der Waals surface area contributed by atoms with Gasteiger partial charge in [-0.1, -0.05) is 44.2 Å². The molecule has 0 aliphatic carbocycles. The molecule has 4 aromatic rings. The number of pyridine rings is 1. The van der Waals surface area contributed by atoms with E-state index in [1.165, 1.54) is 6.07 Å². The third kappa shape index (κ3) is 5.09. The molecule has 0 saturated carbocycles. The number of carbonyl (C=O) groups excluding carboxylic acids is 1. The van der Waals surface area contributed by atoms with Crippen molar-refractivity contribution in [2.75, 3.05) is 11.9 Å². The molecule has 0 atom stereocenters. The second-order valence-corrected chi connectivity index (χ2v) is 8.37. The Balaban J connectivity index is 1.68. The highest BCUT2D eigenvalue weighted by Gasteiger charge is 2.13. The van der Waals surface area contributed by atoms with Gasteiger partial charge in [0.25, 0.3) is 11.5 Å². The normalized spacial score (nSPS) is 11.0. The van der Waals surface area contributed by atoms with Crippen LogP contribution < -0.4 is 16.2 Å². The minimum atomic E-state index is -0.202. The Morgan fingerprint density at radius 1 is 0.970 bits per heavy atom. The Kier molecular flexibility index (Phi) is 6.49. The number of hydrogen-bond acceptors (Lipinski definition) is 5.